The molecular weight excluding hydrogens is 278 g/mol. The molecule has 2 N–H and O–H groups in total. The van der Waals surface area contributed by atoms with Crippen molar-refractivity contribution in [3.63, 3.8) is 0 Å². The summed E-state index contributed by atoms with van der Waals surface area (Å²) in [5.41, 5.74) is 7.22. The molecule has 1 fully saturated rings. The van der Waals surface area contributed by atoms with Crippen LogP contribution in [0.25, 0.3) is 5.57 Å². The lowest BCUT2D eigenvalue weighted by Crippen LogP contribution is -2.02. The Balaban J connectivity index is 2.17. The fourth-order valence-corrected chi connectivity index (χ4v) is 1.75. The number of methoxy groups -OCH3 is 1. The molecule has 0 radical (unpaired) electrons. The van der Waals surface area contributed by atoms with Crippen LogP contribution in [-0.2, 0) is 4.74 Å². The molecule has 0 aromatic carbocycles. The lowest BCUT2D eigenvalue weighted by molar-refractivity contribution is 0.208. The lowest BCUT2D eigenvalue weighted by Gasteiger charge is -2.11. The predicted octanol–water partition coefficient (Wildman–Crippen LogP) is 2.29. The van der Waals surface area contributed by atoms with E-state index in [4.69, 9.17) is 26.8 Å². The number of ether oxygens (including phenoxy) is 2. The highest BCUT2D eigenvalue weighted by molar-refractivity contribution is 6.29. The zero-order valence-electron chi connectivity index (χ0n) is 11.4. The van der Waals surface area contributed by atoms with E-state index in [-0.39, 0.29) is 6.10 Å². The molecule has 0 bridgehead atoms. The molecule has 0 spiro atoms. The SMILES string of the molecule is COCCN=C/C(=C\N)c1cnc(Cl)cc1OC1CC1. The first-order chi connectivity index (χ1) is 9.74. The molecule has 1 aliphatic rings. The van der Waals surface area contributed by atoms with Crippen molar-refractivity contribution < 1.29 is 9.47 Å². The molecule has 108 valence electrons. The van der Waals surface area contributed by atoms with E-state index >= 15 is 0 Å². The smallest absolute Gasteiger partial charge is 0.132 e. The van der Waals surface area contributed by atoms with E-state index in [1.54, 1.807) is 25.6 Å². The van der Waals surface area contributed by atoms with Gasteiger partial charge in [0.15, 0.2) is 0 Å². The Morgan fingerprint density at radius 2 is 2.40 bits per heavy atom. The maximum atomic E-state index is 5.92. The number of aliphatic imine (C=N–C) groups is 1. The number of aromatic nitrogens is 1. The minimum absolute atomic E-state index is 0.275. The van der Waals surface area contributed by atoms with Crippen LogP contribution in [0.5, 0.6) is 5.75 Å². The van der Waals surface area contributed by atoms with Crippen LogP contribution in [0.4, 0.5) is 0 Å². The number of pyridine rings is 1. The van der Waals surface area contributed by atoms with E-state index in [0.717, 1.165) is 24.0 Å². The zero-order valence-corrected chi connectivity index (χ0v) is 12.1. The second kappa shape index (κ2) is 7.26. The van der Waals surface area contributed by atoms with Gasteiger partial charge in [0.05, 0.1) is 19.3 Å². The molecule has 1 aromatic rings. The Morgan fingerprint density at radius 1 is 1.60 bits per heavy atom. The molecule has 1 saturated carbocycles. The van der Waals surface area contributed by atoms with Crippen LogP contribution < -0.4 is 10.5 Å². The van der Waals surface area contributed by atoms with Crippen LogP contribution in [0.15, 0.2) is 23.5 Å². The third-order valence-corrected chi connectivity index (χ3v) is 3.00. The Morgan fingerprint density at radius 3 is 3.05 bits per heavy atom. The number of nitrogens with zero attached hydrogens (tertiary/aromatic N) is 2. The molecule has 2 rings (SSSR count). The second-order valence-corrected chi connectivity index (χ2v) is 4.86. The Hall–Kier alpha value is -1.59. The van der Waals surface area contributed by atoms with Crippen molar-refractivity contribution in [2.75, 3.05) is 20.3 Å². The highest BCUT2D eigenvalue weighted by atomic mass is 35.5. The van der Waals surface area contributed by atoms with Gasteiger partial charge in [-0.05, 0) is 12.8 Å². The number of hydrogen-bond acceptors (Lipinski definition) is 5. The number of nitrogens with two attached hydrogens (primary N) is 1. The minimum Gasteiger partial charge on any atom is -0.490 e. The lowest BCUT2D eigenvalue weighted by atomic mass is 10.1. The molecule has 0 amide bonds. The fraction of sp³-hybridized carbons (Fsp3) is 0.429. The number of halogens is 1. The quantitative estimate of drug-likeness (QED) is 0.476. The van der Waals surface area contributed by atoms with E-state index in [9.17, 15) is 0 Å². The monoisotopic (exact) mass is 295 g/mol. The summed E-state index contributed by atoms with van der Waals surface area (Å²) in [7, 11) is 1.64. The molecule has 0 unspecified atom stereocenters. The summed E-state index contributed by atoms with van der Waals surface area (Å²) < 4.78 is 10.8. The maximum absolute atomic E-state index is 5.92. The van der Waals surface area contributed by atoms with Crippen LogP contribution in [0.1, 0.15) is 18.4 Å². The maximum Gasteiger partial charge on any atom is 0.132 e. The summed E-state index contributed by atoms with van der Waals surface area (Å²) in [4.78, 5) is 8.34. The predicted molar refractivity (Wildman–Crippen MR) is 80.3 cm³/mol. The Labute approximate surface area is 123 Å². The highest BCUT2D eigenvalue weighted by Gasteiger charge is 2.25. The minimum atomic E-state index is 0.275. The first-order valence-electron chi connectivity index (χ1n) is 6.48. The van der Waals surface area contributed by atoms with Gasteiger partial charge in [-0.25, -0.2) is 4.98 Å². The molecule has 6 heteroatoms. The molecule has 5 nitrogen and oxygen atoms in total. The highest BCUT2D eigenvalue weighted by Crippen LogP contribution is 2.32. The van der Waals surface area contributed by atoms with Crippen molar-refractivity contribution >= 4 is 23.4 Å². The van der Waals surface area contributed by atoms with Gasteiger partial charge in [0.2, 0.25) is 0 Å². The van der Waals surface area contributed by atoms with Gasteiger partial charge in [-0.2, -0.15) is 0 Å². The van der Waals surface area contributed by atoms with Crippen LogP contribution in [-0.4, -0.2) is 37.6 Å². The van der Waals surface area contributed by atoms with Crippen molar-refractivity contribution in [1.82, 2.24) is 4.98 Å². The first-order valence-corrected chi connectivity index (χ1v) is 6.85. The summed E-state index contributed by atoms with van der Waals surface area (Å²) in [6, 6.07) is 1.71. The van der Waals surface area contributed by atoms with Gasteiger partial charge in [0.25, 0.3) is 0 Å². The van der Waals surface area contributed by atoms with E-state index in [1.165, 1.54) is 6.20 Å². The normalized spacial score (nSPS) is 15.8. The molecule has 1 aliphatic carbocycles. The van der Waals surface area contributed by atoms with Gasteiger partial charge >= 0.3 is 0 Å². The Kier molecular flexibility index (Phi) is 5.38. The van der Waals surface area contributed by atoms with Gasteiger partial charge in [-0.15, -0.1) is 0 Å². The summed E-state index contributed by atoms with van der Waals surface area (Å²) in [5.74, 6) is 0.697. The summed E-state index contributed by atoms with van der Waals surface area (Å²) in [5, 5.41) is 0.400. The average molecular weight is 296 g/mol. The van der Waals surface area contributed by atoms with E-state index in [1.807, 2.05) is 0 Å². The van der Waals surface area contributed by atoms with Gasteiger partial charge < -0.3 is 15.2 Å². The van der Waals surface area contributed by atoms with E-state index < -0.39 is 0 Å². The molecule has 0 aliphatic heterocycles. The van der Waals surface area contributed by atoms with Gasteiger partial charge in [0, 0.05) is 42.9 Å². The number of rotatable bonds is 7. The third-order valence-electron chi connectivity index (χ3n) is 2.80. The summed E-state index contributed by atoms with van der Waals surface area (Å²) in [6.45, 7) is 1.15. The van der Waals surface area contributed by atoms with Crippen LogP contribution >= 0.6 is 11.6 Å². The average Bonchev–Trinajstić information content (AvgIpc) is 3.24. The van der Waals surface area contributed by atoms with Crippen molar-refractivity contribution in [1.29, 1.82) is 0 Å². The van der Waals surface area contributed by atoms with Crippen LogP contribution in [0.2, 0.25) is 5.15 Å². The molecule has 1 aromatic heterocycles. The first kappa shape index (κ1) is 14.8. The van der Waals surface area contributed by atoms with Crippen molar-refractivity contribution in [2.24, 2.45) is 10.7 Å². The molecule has 20 heavy (non-hydrogen) atoms. The fourth-order valence-electron chi connectivity index (χ4n) is 1.60. The standard InChI is InChI=1S/C14H18ClN3O2/c1-19-5-4-17-8-10(7-16)12-9-18-14(15)6-13(12)20-11-2-3-11/h6-9,11H,2-5,16H2,1H3/b10-7+,17-8?. The topological polar surface area (TPSA) is 69.7 Å². The summed E-state index contributed by atoms with van der Waals surface area (Å²) >= 11 is 5.92. The third kappa shape index (κ3) is 4.21. The van der Waals surface area contributed by atoms with Crippen molar-refractivity contribution in [2.45, 2.75) is 18.9 Å². The van der Waals surface area contributed by atoms with Gasteiger partial charge in [0.1, 0.15) is 10.9 Å². The number of hydrogen-bond donors (Lipinski definition) is 1. The van der Waals surface area contributed by atoms with Gasteiger partial charge in [-0.1, -0.05) is 11.6 Å². The second-order valence-electron chi connectivity index (χ2n) is 4.47. The van der Waals surface area contributed by atoms with Crippen molar-refractivity contribution in [3.05, 3.63) is 29.2 Å². The molecular formula is C14H18ClN3O2. The van der Waals surface area contributed by atoms with Crippen LogP contribution in [0.3, 0.4) is 0 Å². The van der Waals surface area contributed by atoms with E-state index in [2.05, 4.69) is 9.98 Å². The summed E-state index contributed by atoms with van der Waals surface area (Å²) in [6.07, 6.45) is 7.26. The largest absolute Gasteiger partial charge is 0.490 e. The Bertz CT molecular complexity index is 513. The van der Waals surface area contributed by atoms with E-state index in [0.29, 0.717) is 24.1 Å². The van der Waals surface area contributed by atoms with Crippen molar-refractivity contribution in [3.8, 4) is 5.75 Å². The molecule has 0 atom stereocenters. The molecule has 0 saturated heterocycles. The van der Waals surface area contributed by atoms with Gasteiger partial charge in [-0.3, -0.25) is 4.99 Å². The van der Waals surface area contributed by atoms with Crippen LogP contribution in [0, 0.1) is 0 Å². The number of allylic oxidation sites excluding steroid dienone is 1. The zero-order chi connectivity index (χ0) is 14.4. The molecule has 1 heterocycles.